The van der Waals surface area contributed by atoms with Crippen LogP contribution in [0.1, 0.15) is 45.6 Å². The van der Waals surface area contributed by atoms with Crippen molar-refractivity contribution in [3.05, 3.63) is 87.2 Å². The van der Waals surface area contributed by atoms with Crippen molar-refractivity contribution in [1.29, 1.82) is 0 Å². The molecule has 0 unspecified atom stereocenters. The van der Waals surface area contributed by atoms with Gasteiger partial charge in [-0.3, -0.25) is 9.59 Å². The van der Waals surface area contributed by atoms with Crippen molar-refractivity contribution >= 4 is 5.91 Å². The van der Waals surface area contributed by atoms with E-state index in [1.165, 1.54) is 12.5 Å². The number of primary amides is 1. The van der Waals surface area contributed by atoms with E-state index < -0.39 is 5.91 Å². The lowest BCUT2D eigenvalue weighted by Crippen LogP contribution is -2.23. The molecule has 1 amide bonds. The summed E-state index contributed by atoms with van der Waals surface area (Å²) < 4.78 is 11.0. The summed E-state index contributed by atoms with van der Waals surface area (Å²) in [5, 5.41) is 7.00. The fourth-order valence-corrected chi connectivity index (χ4v) is 4.30. The monoisotopic (exact) mass is 415 g/mol. The lowest BCUT2D eigenvalue weighted by molar-refractivity contribution is 0.1000. The number of aromatic nitrogens is 2. The van der Waals surface area contributed by atoms with Gasteiger partial charge in [-0.25, -0.2) is 5.10 Å². The maximum Gasteiger partial charge on any atom is 0.267 e. The Balaban J connectivity index is 1.61. The van der Waals surface area contributed by atoms with Gasteiger partial charge in [-0.2, -0.15) is 5.10 Å². The summed E-state index contributed by atoms with van der Waals surface area (Å²) in [6.07, 6.45) is 7.10. The maximum absolute atomic E-state index is 12.2. The fourth-order valence-electron chi connectivity index (χ4n) is 4.30. The van der Waals surface area contributed by atoms with Crippen LogP contribution in [-0.2, 0) is 19.3 Å². The third-order valence-corrected chi connectivity index (χ3v) is 5.83. The lowest BCUT2D eigenvalue weighted by atomic mass is 9.88. The number of fused-ring (bicyclic) bond motifs is 2. The van der Waals surface area contributed by atoms with Gasteiger partial charge in [0.2, 0.25) is 5.91 Å². The zero-order valence-electron chi connectivity index (χ0n) is 16.8. The number of aromatic amines is 1. The highest BCUT2D eigenvalue weighted by Gasteiger charge is 2.20. The maximum atomic E-state index is 12.2. The molecular weight excluding hydrogens is 394 g/mol. The highest BCUT2D eigenvalue weighted by molar-refractivity contribution is 5.94. The van der Waals surface area contributed by atoms with E-state index in [0.29, 0.717) is 23.5 Å². The van der Waals surface area contributed by atoms with Gasteiger partial charge in [-0.1, -0.05) is 12.1 Å². The van der Waals surface area contributed by atoms with Crippen LogP contribution in [0.15, 0.2) is 53.7 Å². The minimum Gasteiger partial charge on any atom is -0.458 e. The third kappa shape index (κ3) is 3.59. The fraction of sp³-hybridized carbons (Fsp3) is 0.208. The van der Waals surface area contributed by atoms with E-state index >= 15 is 0 Å². The van der Waals surface area contributed by atoms with Gasteiger partial charge in [0.15, 0.2) is 11.5 Å². The number of H-pyrrole nitrogens is 1. The molecule has 1 aromatic heterocycles. The van der Waals surface area contributed by atoms with Crippen LogP contribution in [0.2, 0.25) is 0 Å². The van der Waals surface area contributed by atoms with Crippen LogP contribution < -0.4 is 20.8 Å². The molecule has 2 aliphatic rings. The zero-order chi connectivity index (χ0) is 21.4. The molecule has 7 heteroatoms. The summed E-state index contributed by atoms with van der Waals surface area (Å²) in [7, 11) is 0. The van der Waals surface area contributed by atoms with Gasteiger partial charge in [-0.15, -0.1) is 0 Å². The van der Waals surface area contributed by atoms with E-state index in [4.69, 9.17) is 15.2 Å². The average Bonchev–Trinajstić information content (AvgIpc) is 2.80. The first-order valence-corrected chi connectivity index (χ1v) is 10.2. The van der Waals surface area contributed by atoms with Crippen LogP contribution in [0.5, 0.6) is 11.5 Å². The molecule has 5 rings (SSSR count). The third-order valence-electron chi connectivity index (χ3n) is 5.83. The van der Waals surface area contributed by atoms with E-state index in [1.807, 2.05) is 24.3 Å². The van der Waals surface area contributed by atoms with Gasteiger partial charge in [0, 0.05) is 17.5 Å². The number of carbonyl (C=O) groups is 1. The molecule has 1 aliphatic carbocycles. The molecule has 7 nitrogen and oxygen atoms in total. The summed E-state index contributed by atoms with van der Waals surface area (Å²) in [5.41, 5.74) is 11.3. The number of nitrogens with one attached hydrogen (secondary N) is 1. The molecule has 2 aromatic carbocycles. The summed E-state index contributed by atoms with van der Waals surface area (Å²) in [5.74, 6) is 0.763. The first-order chi connectivity index (χ1) is 15.1. The van der Waals surface area contributed by atoms with Crippen LogP contribution in [0.3, 0.4) is 0 Å². The topological polar surface area (TPSA) is 107 Å². The Morgan fingerprint density at radius 1 is 1.00 bits per heavy atom. The number of carbonyl (C=O) groups excluding carboxylic acids is 1. The Morgan fingerprint density at radius 2 is 1.77 bits per heavy atom. The predicted octanol–water partition coefficient (Wildman–Crippen LogP) is 3.25. The summed E-state index contributed by atoms with van der Waals surface area (Å²) in [6.45, 7) is 0. The molecule has 0 bridgehead atoms. The van der Waals surface area contributed by atoms with E-state index in [1.54, 1.807) is 12.1 Å². The predicted molar refractivity (Wildman–Crippen MR) is 115 cm³/mol. The highest BCUT2D eigenvalue weighted by Crippen LogP contribution is 2.37. The van der Waals surface area contributed by atoms with E-state index in [9.17, 15) is 9.59 Å². The second-order valence-electron chi connectivity index (χ2n) is 7.75. The number of nitrogens with two attached hydrogens (primary N) is 1. The Bertz CT molecular complexity index is 1280. The van der Waals surface area contributed by atoms with Crippen molar-refractivity contribution in [1.82, 2.24) is 10.2 Å². The first-order valence-electron chi connectivity index (χ1n) is 10.2. The number of rotatable bonds is 4. The number of hydrogen-bond acceptors (Lipinski definition) is 5. The summed E-state index contributed by atoms with van der Waals surface area (Å²) >= 11 is 0. The van der Waals surface area contributed by atoms with E-state index in [-0.39, 0.29) is 5.56 Å². The number of benzene rings is 2. The second-order valence-corrected chi connectivity index (χ2v) is 7.75. The summed E-state index contributed by atoms with van der Waals surface area (Å²) in [6, 6.07) is 11.1. The molecule has 0 radical (unpaired) electrons. The Morgan fingerprint density at radius 3 is 2.58 bits per heavy atom. The van der Waals surface area contributed by atoms with Gasteiger partial charge >= 0.3 is 0 Å². The van der Waals surface area contributed by atoms with Crippen molar-refractivity contribution < 1.29 is 14.3 Å². The number of ether oxygens (including phenoxy) is 2. The molecule has 2 heterocycles. The average molecular weight is 415 g/mol. The Kier molecular flexibility index (Phi) is 4.78. The van der Waals surface area contributed by atoms with Gasteiger partial charge in [0.1, 0.15) is 12.5 Å². The zero-order valence-corrected chi connectivity index (χ0v) is 16.8. The minimum absolute atomic E-state index is 0.107. The van der Waals surface area contributed by atoms with Gasteiger partial charge in [0.25, 0.3) is 5.56 Å². The van der Waals surface area contributed by atoms with Crippen molar-refractivity contribution in [3.8, 4) is 22.6 Å². The van der Waals surface area contributed by atoms with Crippen LogP contribution in [0, 0.1) is 0 Å². The van der Waals surface area contributed by atoms with Crippen molar-refractivity contribution in [2.45, 2.75) is 32.1 Å². The van der Waals surface area contributed by atoms with Crippen LogP contribution in [0.25, 0.3) is 11.1 Å². The standard InChI is InChI=1S/C24H21N3O4/c25-23(28)15-5-7-17(14-6-8-21-22(13-14)31-10-9-30-21)16(11-15)12-20-18-3-1-2-4-19(18)24(29)27-26-20/h5-11,13H,1-4,12H2,(H2,25,28)(H,27,29). The SMILES string of the molecule is NC(=O)c1ccc(-c2ccc3c(c2)OC=CO3)c(Cc2n[nH]c(=O)c3c2CCCC3)c1. The molecule has 0 saturated carbocycles. The molecule has 31 heavy (non-hydrogen) atoms. The molecule has 0 fully saturated rings. The number of hydrogen-bond donors (Lipinski definition) is 2. The second kappa shape index (κ2) is 7.75. The van der Waals surface area contributed by atoms with E-state index in [2.05, 4.69) is 10.2 Å². The van der Waals surface area contributed by atoms with Crippen LogP contribution >= 0.6 is 0 Å². The van der Waals surface area contributed by atoms with Crippen molar-refractivity contribution in [2.75, 3.05) is 0 Å². The molecule has 3 N–H and O–H groups in total. The Hall–Kier alpha value is -3.87. The number of amides is 1. The molecule has 3 aromatic rings. The number of nitrogens with zero attached hydrogens (tertiary/aromatic N) is 1. The quantitative estimate of drug-likeness (QED) is 0.680. The van der Waals surface area contributed by atoms with Crippen LogP contribution in [-0.4, -0.2) is 16.1 Å². The normalized spacial score (nSPS) is 14.2. The Labute approximate surface area is 178 Å². The van der Waals surface area contributed by atoms with Gasteiger partial charge < -0.3 is 15.2 Å². The largest absolute Gasteiger partial charge is 0.458 e. The van der Waals surface area contributed by atoms with Gasteiger partial charge in [0.05, 0.1) is 5.69 Å². The lowest BCUT2D eigenvalue weighted by Gasteiger charge is -2.19. The highest BCUT2D eigenvalue weighted by atomic mass is 16.5. The van der Waals surface area contributed by atoms with E-state index in [0.717, 1.165) is 59.2 Å². The smallest absolute Gasteiger partial charge is 0.267 e. The van der Waals surface area contributed by atoms with Crippen molar-refractivity contribution in [3.63, 3.8) is 0 Å². The van der Waals surface area contributed by atoms with Crippen LogP contribution in [0.4, 0.5) is 0 Å². The minimum atomic E-state index is -0.489. The molecule has 0 atom stereocenters. The van der Waals surface area contributed by atoms with Crippen molar-refractivity contribution in [2.24, 2.45) is 5.73 Å². The molecule has 0 spiro atoms. The summed E-state index contributed by atoms with van der Waals surface area (Å²) in [4.78, 5) is 24.1. The molecule has 1 aliphatic heterocycles. The van der Waals surface area contributed by atoms with Gasteiger partial charge in [-0.05, 0) is 72.2 Å². The first kappa shape index (κ1) is 19.1. The molecule has 156 valence electrons. The molecular formula is C24H21N3O4. The molecule has 0 saturated heterocycles.